The number of hydrogen-bond donors (Lipinski definition) is 2. The molecule has 1 saturated heterocycles. The Morgan fingerprint density at radius 1 is 1.73 bits per heavy atom. The van der Waals surface area contributed by atoms with Gasteiger partial charge in [0.2, 0.25) is 5.91 Å². The van der Waals surface area contributed by atoms with Crippen molar-refractivity contribution in [3.63, 3.8) is 0 Å². The number of rotatable bonds is 1. The summed E-state index contributed by atoms with van der Waals surface area (Å²) in [6.07, 6.45) is -0.462. The van der Waals surface area contributed by atoms with Crippen LogP contribution in [0.1, 0.15) is 0 Å². The van der Waals surface area contributed by atoms with Crippen LogP contribution in [0.5, 0.6) is 0 Å². The summed E-state index contributed by atoms with van der Waals surface area (Å²) in [5.41, 5.74) is -0.366. The van der Waals surface area contributed by atoms with Gasteiger partial charge in [-0.2, -0.15) is 0 Å². The fraction of sp³-hybridized carbons (Fsp3) is 0.800. The topological polar surface area (TPSA) is 50.4 Å². The first-order valence-electron chi connectivity index (χ1n) is 3.02. The van der Waals surface area contributed by atoms with E-state index in [9.17, 15) is 4.79 Å². The summed E-state index contributed by atoms with van der Waals surface area (Å²) in [6.45, 7) is 0. The Hall–Kier alpha value is 0.410. The van der Waals surface area contributed by atoms with Gasteiger partial charge in [-0.15, -0.1) is 11.6 Å². The van der Waals surface area contributed by atoms with Crippen molar-refractivity contribution in [3.05, 3.63) is 0 Å². The van der Waals surface area contributed by atoms with Crippen LogP contribution in [0, 0.1) is 0 Å². The Kier molecular flexibility index (Phi) is 3.35. The number of halogens is 2. The van der Waals surface area contributed by atoms with Crippen molar-refractivity contribution >= 4 is 40.1 Å². The molecule has 11 heavy (non-hydrogen) atoms. The first-order chi connectivity index (χ1) is 5.15. The predicted octanol–water partition coefficient (Wildman–Crippen LogP) is 0.00430. The number of carbonyl (C=O) groups is 1. The standard InChI is InChI=1S/C5H8ClIN2O2/c1-11-5-8-3(6)2(7)4(10)9-5/h2-3,5,8H,1H3,(H,9,10). The summed E-state index contributed by atoms with van der Waals surface area (Å²) in [7, 11) is 1.50. The normalized spacial score (nSPS) is 38.5. The van der Waals surface area contributed by atoms with Crippen LogP contribution in [0.25, 0.3) is 0 Å². The van der Waals surface area contributed by atoms with Crippen molar-refractivity contribution in [1.82, 2.24) is 10.6 Å². The number of amides is 1. The maximum Gasteiger partial charge on any atom is 0.238 e. The fourth-order valence-electron chi connectivity index (χ4n) is 0.739. The molecule has 3 atom stereocenters. The van der Waals surface area contributed by atoms with Crippen LogP contribution in [0.15, 0.2) is 0 Å². The zero-order valence-electron chi connectivity index (χ0n) is 5.80. The predicted molar refractivity (Wildman–Crippen MR) is 49.5 cm³/mol. The molecule has 1 aliphatic rings. The summed E-state index contributed by atoms with van der Waals surface area (Å²) in [4.78, 5) is 11.1. The summed E-state index contributed by atoms with van der Waals surface area (Å²) < 4.78 is 4.60. The Morgan fingerprint density at radius 2 is 2.36 bits per heavy atom. The van der Waals surface area contributed by atoms with E-state index in [0.717, 1.165) is 0 Å². The minimum Gasteiger partial charge on any atom is -0.348 e. The van der Waals surface area contributed by atoms with Crippen LogP contribution >= 0.6 is 34.2 Å². The molecule has 2 N–H and O–H groups in total. The summed E-state index contributed by atoms with van der Waals surface area (Å²) in [6, 6.07) is 0. The van der Waals surface area contributed by atoms with Gasteiger partial charge < -0.3 is 10.1 Å². The van der Waals surface area contributed by atoms with E-state index < -0.39 is 6.35 Å². The second-order valence-electron chi connectivity index (χ2n) is 2.09. The van der Waals surface area contributed by atoms with Gasteiger partial charge in [0.1, 0.15) is 9.43 Å². The van der Waals surface area contributed by atoms with Crippen LogP contribution in [-0.2, 0) is 9.53 Å². The fourth-order valence-corrected chi connectivity index (χ4v) is 1.36. The second kappa shape index (κ2) is 3.88. The number of alkyl halides is 2. The maximum absolute atomic E-state index is 11.1. The zero-order valence-corrected chi connectivity index (χ0v) is 8.72. The molecule has 1 rings (SSSR count). The van der Waals surface area contributed by atoms with Gasteiger partial charge in [-0.3, -0.25) is 10.1 Å². The molecule has 3 unspecified atom stereocenters. The highest BCUT2D eigenvalue weighted by Gasteiger charge is 2.32. The molecule has 1 heterocycles. The average Bonchev–Trinajstić information content (AvgIpc) is 1.99. The van der Waals surface area contributed by atoms with Gasteiger partial charge in [-0.25, -0.2) is 0 Å². The summed E-state index contributed by atoms with van der Waals surface area (Å²) in [5.74, 6) is -0.101. The monoisotopic (exact) mass is 290 g/mol. The minimum atomic E-state index is -0.462. The third-order valence-corrected chi connectivity index (χ3v) is 3.41. The number of carbonyl (C=O) groups excluding carboxylic acids is 1. The minimum absolute atomic E-state index is 0.101. The summed E-state index contributed by atoms with van der Waals surface area (Å²) >= 11 is 7.75. The van der Waals surface area contributed by atoms with E-state index in [1.807, 2.05) is 22.6 Å². The molecule has 0 aliphatic carbocycles. The van der Waals surface area contributed by atoms with Crippen LogP contribution in [-0.4, -0.2) is 28.8 Å². The van der Waals surface area contributed by atoms with E-state index in [1.54, 1.807) is 0 Å². The Balaban J connectivity index is 2.54. The van der Waals surface area contributed by atoms with Gasteiger partial charge >= 0.3 is 0 Å². The highest BCUT2D eigenvalue weighted by molar-refractivity contribution is 14.1. The average molecular weight is 290 g/mol. The van der Waals surface area contributed by atoms with E-state index in [1.165, 1.54) is 7.11 Å². The lowest BCUT2D eigenvalue weighted by Crippen LogP contribution is -2.60. The molecule has 1 aliphatic heterocycles. The Labute approximate surface area is 83.1 Å². The molecule has 0 saturated carbocycles. The third kappa shape index (κ3) is 2.17. The molecule has 0 radical (unpaired) electrons. The lowest BCUT2D eigenvalue weighted by Gasteiger charge is -2.30. The van der Waals surface area contributed by atoms with E-state index in [0.29, 0.717) is 0 Å². The summed E-state index contributed by atoms with van der Waals surface area (Å²) in [5, 5.41) is 5.43. The van der Waals surface area contributed by atoms with E-state index in [-0.39, 0.29) is 15.3 Å². The number of methoxy groups -OCH3 is 1. The molecule has 0 bridgehead atoms. The van der Waals surface area contributed by atoms with Gasteiger partial charge in [0.25, 0.3) is 0 Å². The lowest BCUT2D eigenvalue weighted by atomic mass is 10.3. The maximum atomic E-state index is 11.1. The number of hydrogen-bond acceptors (Lipinski definition) is 3. The SMILES string of the molecule is COC1NC(=O)C(I)C(Cl)N1. The van der Waals surface area contributed by atoms with Crippen LogP contribution in [0.4, 0.5) is 0 Å². The number of ether oxygens (including phenoxy) is 1. The van der Waals surface area contributed by atoms with E-state index >= 15 is 0 Å². The van der Waals surface area contributed by atoms with Gasteiger partial charge in [0.15, 0.2) is 6.35 Å². The first kappa shape index (κ1) is 9.50. The molecule has 0 aromatic carbocycles. The smallest absolute Gasteiger partial charge is 0.238 e. The van der Waals surface area contributed by atoms with Crippen LogP contribution in [0.3, 0.4) is 0 Å². The lowest BCUT2D eigenvalue weighted by molar-refractivity contribution is -0.127. The molecule has 6 heteroatoms. The molecule has 4 nitrogen and oxygen atoms in total. The van der Waals surface area contributed by atoms with Crippen LogP contribution in [0.2, 0.25) is 0 Å². The Bertz CT molecular complexity index is 169. The molecular formula is C5H8ClIN2O2. The highest BCUT2D eigenvalue weighted by atomic mass is 127. The van der Waals surface area contributed by atoms with Crippen molar-refractivity contribution in [2.24, 2.45) is 0 Å². The molecule has 0 aromatic heterocycles. The van der Waals surface area contributed by atoms with Crippen molar-refractivity contribution in [2.45, 2.75) is 15.8 Å². The molecule has 1 amide bonds. The van der Waals surface area contributed by atoms with Crippen LogP contribution < -0.4 is 10.6 Å². The molecule has 1 fully saturated rings. The highest BCUT2D eigenvalue weighted by Crippen LogP contribution is 2.14. The Morgan fingerprint density at radius 3 is 2.82 bits per heavy atom. The van der Waals surface area contributed by atoms with Gasteiger partial charge in [-0.1, -0.05) is 22.6 Å². The van der Waals surface area contributed by atoms with E-state index in [4.69, 9.17) is 16.3 Å². The van der Waals surface area contributed by atoms with Gasteiger partial charge in [0.05, 0.1) is 0 Å². The van der Waals surface area contributed by atoms with Crippen molar-refractivity contribution < 1.29 is 9.53 Å². The molecule has 0 spiro atoms. The van der Waals surface area contributed by atoms with E-state index in [2.05, 4.69) is 10.6 Å². The van der Waals surface area contributed by atoms with Gasteiger partial charge in [-0.05, 0) is 0 Å². The van der Waals surface area contributed by atoms with Gasteiger partial charge in [0, 0.05) is 7.11 Å². The second-order valence-corrected chi connectivity index (χ2v) is 3.91. The largest absolute Gasteiger partial charge is 0.348 e. The molecule has 64 valence electrons. The van der Waals surface area contributed by atoms with Crippen molar-refractivity contribution in [2.75, 3.05) is 7.11 Å². The van der Waals surface area contributed by atoms with Crippen molar-refractivity contribution in [1.29, 1.82) is 0 Å². The third-order valence-electron chi connectivity index (χ3n) is 1.33. The van der Waals surface area contributed by atoms with Crippen molar-refractivity contribution in [3.8, 4) is 0 Å². The zero-order chi connectivity index (χ0) is 8.43. The molecule has 0 aromatic rings. The quantitative estimate of drug-likeness (QED) is 0.406. The molecular weight excluding hydrogens is 282 g/mol. The first-order valence-corrected chi connectivity index (χ1v) is 4.70. The number of nitrogens with one attached hydrogen (secondary N) is 2.